The topological polar surface area (TPSA) is 26.3 Å². The molecule has 0 aliphatic rings. The van der Waals surface area contributed by atoms with Gasteiger partial charge >= 0.3 is 6.18 Å². The first-order valence-electron chi connectivity index (χ1n) is 4.54. The maximum absolute atomic E-state index is 12.6. The standard InChI is InChI=1S/C11H11F3O2/c1-6-9(16-3)5-4-8(11(12,13)14)10(6)7(2)15/h4-5H,1-3H3. The summed E-state index contributed by atoms with van der Waals surface area (Å²) in [7, 11) is 1.35. The highest BCUT2D eigenvalue weighted by Crippen LogP contribution is 2.36. The number of rotatable bonds is 2. The van der Waals surface area contributed by atoms with Gasteiger partial charge in [-0.1, -0.05) is 0 Å². The molecule has 0 amide bonds. The highest BCUT2D eigenvalue weighted by atomic mass is 19.4. The third kappa shape index (κ3) is 2.18. The third-order valence-corrected chi connectivity index (χ3v) is 2.29. The Morgan fingerprint density at radius 1 is 1.31 bits per heavy atom. The van der Waals surface area contributed by atoms with E-state index in [9.17, 15) is 18.0 Å². The fraction of sp³-hybridized carbons (Fsp3) is 0.364. The maximum Gasteiger partial charge on any atom is 0.417 e. The van der Waals surface area contributed by atoms with E-state index < -0.39 is 17.5 Å². The summed E-state index contributed by atoms with van der Waals surface area (Å²) in [5, 5.41) is 0. The summed E-state index contributed by atoms with van der Waals surface area (Å²) < 4.78 is 42.8. The number of ketones is 1. The van der Waals surface area contributed by atoms with Crippen LogP contribution in [0.5, 0.6) is 5.75 Å². The van der Waals surface area contributed by atoms with Crippen molar-refractivity contribution in [2.75, 3.05) is 7.11 Å². The van der Waals surface area contributed by atoms with Gasteiger partial charge in [-0.2, -0.15) is 13.2 Å². The van der Waals surface area contributed by atoms with Crippen LogP contribution in [0.15, 0.2) is 12.1 Å². The minimum Gasteiger partial charge on any atom is -0.496 e. The van der Waals surface area contributed by atoms with Crippen molar-refractivity contribution in [3.8, 4) is 5.75 Å². The highest BCUT2D eigenvalue weighted by molar-refractivity contribution is 5.97. The number of ether oxygens (including phenoxy) is 1. The molecule has 0 aliphatic carbocycles. The largest absolute Gasteiger partial charge is 0.496 e. The van der Waals surface area contributed by atoms with Crippen LogP contribution in [0.25, 0.3) is 0 Å². The first-order valence-corrected chi connectivity index (χ1v) is 4.54. The Hall–Kier alpha value is -1.52. The predicted octanol–water partition coefficient (Wildman–Crippen LogP) is 3.23. The molecule has 0 atom stereocenters. The van der Waals surface area contributed by atoms with E-state index in [0.717, 1.165) is 13.0 Å². The van der Waals surface area contributed by atoms with Gasteiger partial charge in [0.1, 0.15) is 5.75 Å². The van der Waals surface area contributed by atoms with Gasteiger partial charge in [0.2, 0.25) is 0 Å². The SMILES string of the molecule is COc1ccc(C(F)(F)F)c(C(C)=O)c1C. The summed E-state index contributed by atoms with van der Waals surface area (Å²) in [5.74, 6) is -0.345. The molecule has 88 valence electrons. The molecule has 0 N–H and O–H groups in total. The highest BCUT2D eigenvalue weighted by Gasteiger charge is 2.35. The molecule has 1 aromatic rings. The van der Waals surface area contributed by atoms with Crippen molar-refractivity contribution < 1.29 is 22.7 Å². The zero-order valence-corrected chi connectivity index (χ0v) is 9.11. The van der Waals surface area contributed by atoms with Gasteiger partial charge in [-0.25, -0.2) is 0 Å². The van der Waals surface area contributed by atoms with E-state index in [2.05, 4.69) is 0 Å². The molecule has 0 fully saturated rings. The van der Waals surface area contributed by atoms with Gasteiger partial charge in [-0.05, 0) is 26.0 Å². The maximum atomic E-state index is 12.6. The Bertz CT molecular complexity index is 422. The van der Waals surface area contributed by atoms with E-state index in [1.807, 2.05) is 0 Å². The van der Waals surface area contributed by atoms with Crippen LogP contribution in [0.4, 0.5) is 13.2 Å². The number of halogens is 3. The second kappa shape index (κ2) is 4.15. The lowest BCUT2D eigenvalue weighted by Gasteiger charge is -2.15. The zero-order chi connectivity index (χ0) is 12.5. The van der Waals surface area contributed by atoms with Crippen LogP contribution in [-0.4, -0.2) is 12.9 Å². The number of hydrogen-bond donors (Lipinski definition) is 0. The molecular formula is C11H11F3O2. The van der Waals surface area contributed by atoms with Crippen LogP contribution in [-0.2, 0) is 6.18 Å². The van der Waals surface area contributed by atoms with E-state index in [1.54, 1.807) is 0 Å². The van der Waals surface area contributed by atoms with Crippen molar-refractivity contribution >= 4 is 5.78 Å². The molecule has 5 heteroatoms. The van der Waals surface area contributed by atoms with E-state index in [4.69, 9.17) is 4.74 Å². The lowest BCUT2D eigenvalue weighted by atomic mass is 9.97. The Kier molecular flexibility index (Phi) is 3.26. The second-order valence-corrected chi connectivity index (χ2v) is 3.37. The Labute approximate surface area is 91.0 Å². The smallest absolute Gasteiger partial charge is 0.417 e. The molecular weight excluding hydrogens is 221 g/mol. The molecule has 16 heavy (non-hydrogen) atoms. The Morgan fingerprint density at radius 2 is 1.88 bits per heavy atom. The molecule has 0 aromatic heterocycles. The lowest BCUT2D eigenvalue weighted by Crippen LogP contribution is -2.13. The molecule has 1 aromatic carbocycles. The zero-order valence-electron chi connectivity index (χ0n) is 9.11. The third-order valence-electron chi connectivity index (χ3n) is 2.29. The van der Waals surface area contributed by atoms with Gasteiger partial charge in [0.25, 0.3) is 0 Å². The van der Waals surface area contributed by atoms with Gasteiger partial charge < -0.3 is 4.74 Å². The summed E-state index contributed by atoms with van der Waals surface area (Å²) in [4.78, 5) is 11.2. The van der Waals surface area contributed by atoms with Crippen molar-refractivity contribution in [3.63, 3.8) is 0 Å². The van der Waals surface area contributed by atoms with Crippen LogP contribution in [0, 0.1) is 6.92 Å². The van der Waals surface area contributed by atoms with Gasteiger partial charge in [0.15, 0.2) is 5.78 Å². The van der Waals surface area contributed by atoms with Crippen LogP contribution in [0.2, 0.25) is 0 Å². The van der Waals surface area contributed by atoms with Crippen molar-refractivity contribution in [2.45, 2.75) is 20.0 Å². The Balaban J connectivity index is 3.53. The average molecular weight is 232 g/mol. The molecule has 0 saturated carbocycles. The summed E-state index contributed by atoms with van der Waals surface area (Å²) in [5.41, 5.74) is -1.03. The first-order chi connectivity index (χ1) is 7.29. The van der Waals surface area contributed by atoms with E-state index >= 15 is 0 Å². The molecule has 0 saturated heterocycles. The van der Waals surface area contributed by atoms with Crippen molar-refractivity contribution in [1.29, 1.82) is 0 Å². The molecule has 0 bridgehead atoms. The molecule has 2 nitrogen and oxygen atoms in total. The fourth-order valence-corrected chi connectivity index (χ4v) is 1.60. The van der Waals surface area contributed by atoms with Gasteiger partial charge in [0, 0.05) is 11.1 Å². The van der Waals surface area contributed by atoms with Gasteiger partial charge in [-0.15, -0.1) is 0 Å². The average Bonchev–Trinajstić information content (AvgIpc) is 2.15. The number of carbonyl (C=O) groups excluding carboxylic acids is 1. The molecule has 0 aliphatic heterocycles. The number of methoxy groups -OCH3 is 1. The second-order valence-electron chi connectivity index (χ2n) is 3.37. The fourth-order valence-electron chi connectivity index (χ4n) is 1.60. The van der Waals surface area contributed by atoms with E-state index in [1.165, 1.54) is 20.1 Å². The monoisotopic (exact) mass is 232 g/mol. The van der Waals surface area contributed by atoms with Crippen molar-refractivity contribution in [3.05, 3.63) is 28.8 Å². The summed E-state index contributed by atoms with van der Waals surface area (Å²) >= 11 is 0. The number of carbonyl (C=O) groups is 1. The van der Waals surface area contributed by atoms with Crippen LogP contribution in [0.3, 0.4) is 0 Å². The Morgan fingerprint density at radius 3 is 2.25 bits per heavy atom. The first kappa shape index (κ1) is 12.5. The number of hydrogen-bond acceptors (Lipinski definition) is 2. The van der Waals surface area contributed by atoms with Crippen LogP contribution >= 0.6 is 0 Å². The molecule has 0 spiro atoms. The van der Waals surface area contributed by atoms with Crippen molar-refractivity contribution in [1.82, 2.24) is 0 Å². The normalized spacial score (nSPS) is 11.4. The molecule has 0 unspecified atom stereocenters. The quantitative estimate of drug-likeness (QED) is 0.732. The minimum absolute atomic E-state index is 0.213. The number of Topliss-reactive ketones (excluding diaryl/α,β-unsaturated/α-hetero) is 1. The van der Waals surface area contributed by atoms with Crippen molar-refractivity contribution in [2.24, 2.45) is 0 Å². The predicted molar refractivity (Wildman–Crippen MR) is 52.7 cm³/mol. The van der Waals surface area contributed by atoms with Crippen LogP contribution < -0.4 is 4.74 Å². The van der Waals surface area contributed by atoms with Gasteiger partial charge in [0.05, 0.1) is 12.7 Å². The number of alkyl halides is 3. The van der Waals surface area contributed by atoms with E-state index in [0.29, 0.717) is 0 Å². The molecule has 0 heterocycles. The minimum atomic E-state index is -4.53. The summed E-state index contributed by atoms with van der Waals surface area (Å²) in [6, 6.07) is 2.08. The summed E-state index contributed by atoms with van der Waals surface area (Å²) in [6.07, 6.45) is -4.53. The lowest BCUT2D eigenvalue weighted by molar-refractivity contribution is -0.138. The van der Waals surface area contributed by atoms with Crippen LogP contribution in [0.1, 0.15) is 28.4 Å². The van der Waals surface area contributed by atoms with E-state index in [-0.39, 0.29) is 16.9 Å². The molecule has 1 rings (SSSR count). The van der Waals surface area contributed by atoms with Gasteiger partial charge in [-0.3, -0.25) is 4.79 Å². The summed E-state index contributed by atoms with van der Waals surface area (Å²) in [6.45, 7) is 2.54. The molecule has 0 radical (unpaired) electrons. The number of benzene rings is 1.